The Hall–Kier alpha value is -7.65. The minimum atomic E-state index is -1.31. The van der Waals surface area contributed by atoms with E-state index in [0.29, 0.717) is 66.0 Å². The molecule has 13 heteroatoms. The van der Waals surface area contributed by atoms with Crippen LogP contribution in [0.15, 0.2) is 146 Å². The number of anilines is 1. The van der Waals surface area contributed by atoms with Crippen LogP contribution in [0.5, 0.6) is 11.5 Å². The average Bonchev–Trinajstić information content (AvgIpc) is 3.33. The predicted octanol–water partition coefficient (Wildman–Crippen LogP) is 9.72. The first-order valence-corrected chi connectivity index (χ1v) is 21.5. The number of benzene rings is 7. The number of halogens is 2. The van der Waals surface area contributed by atoms with Crippen molar-refractivity contribution in [1.29, 1.82) is 5.26 Å². The van der Waals surface area contributed by atoms with Crippen LogP contribution < -0.4 is 20.1 Å². The number of ether oxygens (including phenoxy) is 2. The number of nitriles is 1. The summed E-state index contributed by atoms with van der Waals surface area (Å²) in [4.78, 5) is 56.8. The van der Waals surface area contributed by atoms with E-state index in [0.717, 1.165) is 22.1 Å². The molecule has 3 amide bonds. The average molecular weight is 902 g/mol. The molecule has 2 aliphatic heterocycles. The Balaban J connectivity index is 0.958. The van der Waals surface area contributed by atoms with Gasteiger partial charge < -0.3 is 30.1 Å². The van der Waals surface area contributed by atoms with Gasteiger partial charge in [0, 0.05) is 30.5 Å². The molecule has 322 valence electrons. The van der Waals surface area contributed by atoms with Crippen LogP contribution in [0.4, 0.5) is 5.69 Å². The zero-order valence-electron chi connectivity index (χ0n) is 34.5. The highest BCUT2D eigenvalue weighted by molar-refractivity contribution is 6.42. The maximum atomic E-state index is 14.7. The molecule has 0 saturated carbocycles. The van der Waals surface area contributed by atoms with E-state index < -0.39 is 41.9 Å². The lowest BCUT2D eigenvalue weighted by Crippen LogP contribution is -2.56. The number of nitrogens with zero attached hydrogens (tertiary/aromatic N) is 2. The van der Waals surface area contributed by atoms with Crippen molar-refractivity contribution in [1.82, 2.24) is 10.2 Å². The maximum Gasteiger partial charge on any atom is 0.326 e. The van der Waals surface area contributed by atoms with Gasteiger partial charge in [-0.2, -0.15) is 5.26 Å². The summed E-state index contributed by atoms with van der Waals surface area (Å²) >= 11 is 12.2. The van der Waals surface area contributed by atoms with E-state index in [1.54, 1.807) is 84.9 Å². The molecule has 65 heavy (non-hydrogen) atoms. The first-order valence-electron chi connectivity index (χ1n) is 20.7. The molecule has 0 saturated heterocycles. The summed E-state index contributed by atoms with van der Waals surface area (Å²) < 4.78 is 12.3. The minimum Gasteiger partial charge on any atom is -0.489 e. The van der Waals surface area contributed by atoms with Gasteiger partial charge in [0.1, 0.15) is 30.2 Å². The van der Waals surface area contributed by atoms with Crippen LogP contribution in [0.25, 0.3) is 21.9 Å². The fourth-order valence-electron chi connectivity index (χ4n) is 8.23. The number of aliphatic carboxylic acids is 1. The van der Waals surface area contributed by atoms with E-state index in [9.17, 15) is 24.3 Å². The summed E-state index contributed by atoms with van der Waals surface area (Å²) in [6.45, 7) is 0.263. The monoisotopic (exact) mass is 900 g/mol. The molecule has 3 atom stereocenters. The van der Waals surface area contributed by atoms with E-state index >= 15 is 0 Å². The molecule has 2 aliphatic rings. The van der Waals surface area contributed by atoms with Gasteiger partial charge in [-0.25, -0.2) is 4.79 Å². The molecular formula is C52H38Cl2N4O7. The van der Waals surface area contributed by atoms with Crippen molar-refractivity contribution in [3.63, 3.8) is 0 Å². The van der Waals surface area contributed by atoms with Gasteiger partial charge in [0.2, 0.25) is 12.0 Å². The van der Waals surface area contributed by atoms with Crippen LogP contribution in [0, 0.1) is 11.3 Å². The van der Waals surface area contributed by atoms with Crippen LogP contribution in [-0.4, -0.2) is 45.8 Å². The second-order valence-corrected chi connectivity index (χ2v) is 16.7. The van der Waals surface area contributed by atoms with Crippen LogP contribution >= 0.6 is 23.2 Å². The zero-order valence-corrected chi connectivity index (χ0v) is 36.0. The first kappa shape index (κ1) is 42.6. The summed E-state index contributed by atoms with van der Waals surface area (Å²) in [5.74, 6) is -1.69. The molecular weight excluding hydrogens is 863 g/mol. The third-order valence-corrected chi connectivity index (χ3v) is 12.4. The van der Waals surface area contributed by atoms with Crippen molar-refractivity contribution in [2.24, 2.45) is 0 Å². The van der Waals surface area contributed by atoms with Gasteiger partial charge in [-0.1, -0.05) is 114 Å². The standard InChI is InChI=1S/C52H38Cl2N4O7/c53-42-21-12-32(22-43(42)54)29-64-39-19-17-36(18-20-39)48-50(60)56-44-24-37-25-46(58(28-38(37)26-47(44)65-48)51(61)41-7-3-5-35-4-1-2-6-40(35)41)49(59)57-45(52(62)63)23-30-8-13-33(14-9-30)34-15-10-31(27-55)11-16-34/h1-22,24,26,45-46,48H,23,25,28-29H2,(H,56,60)(H,57,59)(H,62,63)/t45?,46-,48-/m0/s1. The predicted molar refractivity (Wildman–Crippen MR) is 247 cm³/mol. The number of nitrogens with one attached hydrogen (secondary N) is 2. The fraction of sp³-hybridized carbons (Fsp3) is 0.135. The third kappa shape index (κ3) is 9.09. The second kappa shape index (κ2) is 18.2. The highest BCUT2D eigenvalue weighted by Gasteiger charge is 2.39. The Morgan fingerprint density at radius 2 is 1.54 bits per heavy atom. The summed E-state index contributed by atoms with van der Waals surface area (Å²) in [5, 5.41) is 27.7. The molecule has 0 fully saturated rings. The van der Waals surface area contributed by atoms with Crippen molar-refractivity contribution in [3.8, 4) is 28.7 Å². The van der Waals surface area contributed by atoms with Crippen molar-refractivity contribution in [3.05, 3.63) is 195 Å². The summed E-state index contributed by atoms with van der Waals surface area (Å²) in [6, 6.07) is 42.9. The number of carboxylic acids is 1. The van der Waals surface area contributed by atoms with E-state index in [1.165, 1.54) is 4.90 Å². The minimum absolute atomic E-state index is 0.00411. The van der Waals surface area contributed by atoms with Crippen LogP contribution in [0.3, 0.4) is 0 Å². The van der Waals surface area contributed by atoms with Gasteiger partial charge in [-0.3, -0.25) is 14.4 Å². The van der Waals surface area contributed by atoms with Gasteiger partial charge in [0.05, 0.1) is 27.4 Å². The molecule has 7 aromatic rings. The largest absolute Gasteiger partial charge is 0.489 e. The lowest BCUT2D eigenvalue weighted by Gasteiger charge is -2.38. The Morgan fingerprint density at radius 1 is 0.831 bits per heavy atom. The molecule has 1 unspecified atom stereocenters. The smallest absolute Gasteiger partial charge is 0.326 e. The lowest BCUT2D eigenvalue weighted by atomic mass is 9.90. The number of hydrogen-bond acceptors (Lipinski definition) is 7. The van der Waals surface area contributed by atoms with Gasteiger partial charge in [-0.05, 0) is 98.8 Å². The quantitative estimate of drug-likeness (QED) is 0.116. The highest BCUT2D eigenvalue weighted by Crippen LogP contribution is 2.40. The molecule has 9 rings (SSSR count). The van der Waals surface area contributed by atoms with Crippen LogP contribution in [0.1, 0.15) is 49.8 Å². The van der Waals surface area contributed by atoms with Crippen molar-refractivity contribution in [2.75, 3.05) is 5.32 Å². The Morgan fingerprint density at radius 3 is 2.26 bits per heavy atom. The summed E-state index contributed by atoms with van der Waals surface area (Å²) in [7, 11) is 0. The SMILES string of the molecule is N#Cc1ccc(-c2ccc(CC(NC(=O)[C@@H]3Cc4cc5c(cc4CN3C(=O)c3cccc4ccccc34)O[C@@H](c3ccc(OCc4ccc(Cl)c(Cl)c4)cc3)C(=O)N5)C(=O)O)cc2)cc1. The molecule has 0 bridgehead atoms. The van der Waals surface area contributed by atoms with E-state index in [1.807, 2.05) is 60.7 Å². The maximum absolute atomic E-state index is 14.7. The number of amides is 3. The van der Waals surface area contributed by atoms with Crippen molar-refractivity contribution in [2.45, 2.75) is 44.2 Å². The van der Waals surface area contributed by atoms with E-state index in [-0.39, 0.29) is 26.0 Å². The van der Waals surface area contributed by atoms with E-state index in [4.69, 9.17) is 37.9 Å². The molecule has 0 radical (unpaired) electrons. The number of fused-ring (bicyclic) bond motifs is 3. The van der Waals surface area contributed by atoms with Crippen molar-refractivity contribution >= 4 is 63.4 Å². The Kier molecular flexibility index (Phi) is 12.0. The normalized spacial score (nSPS) is 15.6. The highest BCUT2D eigenvalue weighted by atomic mass is 35.5. The molecule has 11 nitrogen and oxygen atoms in total. The number of carbonyl (C=O) groups excluding carboxylic acids is 3. The van der Waals surface area contributed by atoms with Gasteiger partial charge in [0.25, 0.3) is 11.8 Å². The van der Waals surface area contributed by atoms with Gasteiger partial charge >= 0.3 is 5.97 Å². The lowest BCUT2D eigenvalue weighted by molar-refractivity contribution is -0.142. The van der Waals surface area contributed by atoms with Gasteiger partial charge in [-0.15, -0.1) is 0 Å². The zero-order chi connectivity index (χ0) is 45.2. The molecule has 7 aromatic carbocycles. The molecule has 3 N–H and O–H groups in total. The molecule has 2 heterocycles. The van der Waals surface area contributed by atoms with E-state index in [2.05, 4.69) is 16.7 Å². The molecule has 0 aliphatic carbocycles. The molecule has 0 spiro atoms. The summed E-state index contributed by atoms with van der Waals surface area (Å²) in [6.07, 6.45) is -0.957. The third-order valence-electron chi connectivity index (χ3n) is 11.7. The second-order valence-electron chi connectivity index (χ2n) is 15.9. The van der Waals surface area contributed by atoms with Crippen molar-refractivity contribution < 1.29 is 33.8 Å². The number of carboxylic acid groups (broad SMARTS) is 1. The number of rotatable bonds is 11. The Labute approximate surface area is 383 Å². The Bertz CT molecular complexity index is 3040. The topological polar surface area (TPSA) is 158 Å². The van der Waals surface area contributed by atoms with Crippen LogP contribution in [0.2, 0.25) is 10.0 Å². The van der Waals surface area contributed by atoms with Gasteiger partial charge in [0.15, 0.2) is 0 Å². The number of carbonyl (C=O) groups is 4. The molecule has 0 aromatic heterocycles. The van der Waals surface area contributed by atoms with Crippen LogP contribution in [-0.2, 0) is 40.4 Å². The first-order chi connectivity index (χ1) is 31.5. The fourth-order valence-corrected chi connectivity index (χ4v) is 8.55. The number of hydrogen-bond donors (Lipinski definition) is 3. The summed E-state index contributed by atoms with van der Waals surface area (Å²) in [5.41, 5.74) is 6.64.